The third-order valence-electron chi connectivity index (χ3n) is 4.11. The average molecular weight is 368 g/mol. The summed E-state index contributed by atoms with van der Waals surface area (Å²) in [6, 6.07) is 11.0. The molecule has 0 amide bonds. The zero-order chi connectivity index (χ0) is 18.6. The van der Waals surface area contributed by atoms with Crippen LogP contribution in [0.5, 0.6) is 0 Å². The van der Waals surface area contributed by atoms with Gasteiger partial charge >= 0.3 is 0 Å². The number of hydrogen-bond donors (Lipinski definition) is 1. The minimum absolute atomic E-state index is 0.293. The van der Waals surface area contributed by atoms with Crippen molar-refractivity contribution in [2.75, 3.05) is 6.54 Å². The number of aromatic nitrogens is 3. The molecule has 0 saturated heterocycles. The highest BCUT2D eigenvalue weighted by atomic mass is 32.2. The fraction of sp³-hybridized carbons (Fsp3) is 0.211. The van der Waals surface area contributed by atoms with Crippen molar-refractivity contribution in [3.05, 3.63) is 71.8 Å². The van der Waals surface area contributed by atoms with Crippen molar-refractivity contribution in [1.82, 2.24) is 19.9 Å². The van der Waals surface area contributed by atoms with Crippen LogP contribution in [-0.2, 0) is 16.4 Å². The molecule has 3 aromatic rings. The summed E-state index contributed by atoms with van der Waals surface area (Å²) in [7, 11) is -3.59. The van der Waals surface area contributed by atoms with Gasteiger partial charge in [-0.05, 0) is 60.9 Å². The number of hydrogen-bond acceptors (Lipinski definition) is 5. The van der Waals surface area contributed by atoms with Crippen molar-refractivity contribution in [3.63, 3.8) is 0 Å². The van der Waals surface area contributed by atoms with Crippen molar-refractivity contribution in [3.8, 4) is 11.1 Å². The number of rotatable bonds is 6. The van der Waals surface area contributed by atoms with E-state index in [1.807, 2.05) is 37.3 Å². The fourth-order valence-electron chi connectivity index (χ4n) is 2.78. The Hall–Kier alpha value is -2.64. The number of nitrogens with one attached hydrogen (secondary N) is 1. The maximum atomic E-state index is 12.7. The van der Waals surface area contributed by atoms with E-state index < -0.39 is 10.0 Å². The van der Waals surface area contributed by atoms with Gasteiger partial charge in [-0.25, -0.2) is 13.1 Å². The first-order valence-electron chi connectivity index (χ1n) is 8.25. The summed E-state index contributed by atoms with van der Waals surface area (Å²) in [5.41, 5.74) is 4.27. The number of aryl methyl sites for hydroxylation is 2. The van der Waals surface area contributed by atoms with E-state index in [-0.39, 0.29) is 0 Å². The molecule has 134 valence electrons. The third-order valence-corrected chi connectivity index (χ3v) is 5.71. The van der Waals surface area contributed by atoms with E-state index in [2.05, 4.69) is 19.9 Å². The van der Waals surface area contributed by atoms with Gasteiger partial charge in [0.05, 0.1) is 17.3 Å². The number of nitrogens with zero attached hydrogens (tertiary/aromatic N) is 3. The van der Waals surface area contributed by atoms with Crippen LogP contribution in [0.25, 0.3) is 11.1 Å². The van der Waals surface area contributed by atoms with Gasteiger partial charge in [0.25, 0.3) is 0 Å². The topological polar surface area (TPSA) is 84.8 Å². The Balaban J connectivity index is 1.80. The molecule has 0 aliphatic carbocycles. The Morgan fingerprint density at radius 3 is 2.54 bits per heavy atom. The minimum Gasteiger partial charge on any atom is -0.261 e. The van der Waals surface area contributed by atoms with Crippen LogP contribution >= 0.6 is 0 Å². The normalized spacial score (nSPS) is 11.5. The van der Waals surface area contributed by atoms with Crippen LogP contribution in [0.4, 0.5) is 0 Å². The molecule has 0 spiro atoms. The molecule has 0 bridgehead atoms. The van der Waals surface area contributed by atoms with Crippen LogP contribution in [0.3, 0.4) is 0 Å². The van der Waals surface area contributed by atoms with E-state index in [0.717, 1.165) is 22.4 Å². The number of sulfonamides is 1. The lowest BCUT2D eigenvalue weighted by Crippen LogP contribution is -2.27. The fourth-order valence-corrected chi connectivity index (χ4v) is 4.12. The second-order valence-electron chi connectivity index (χ2n) is 6.03. The van der Waals surface area contributed by atoms with E-state index in [9.17, 15) is 8.42 Å². The molecule has 0 aliphatic rings. The van der Waals surface area contributed by atoms with Gasteiger partial charge < -0.3 is 0 Å². The molecular weight excluding hydrogens is 348 g/mol. The van der Waals surface area contributed by atoms with Crippen molar-refractivity contribution >= 4 is 10.0 Å². The van der Waals surface area contributed by atoms with Crippen LogP contribution in [0.15, 0.2) is 59.9 Å². The van der Waals surface area contributed by atoms with Gasteiger partial charge in [0.2, 0.25) is 10.0 Å². The summed E-state index contributed by atoms with van der Waals surface area (Å²) >= 11 is 0. The molecule has 7 heteroatoms. The number of pyridine rings is 1. The molecule has 26 heavy (non-hydrogen) atoms. The second-order valence-corrected chi connectivity index (χ2v) is 7.77. The van der Waals surface area contributed by atoms with E-state index in [1.165, 1.54) is 0 Å². The van der Waals surface area contributed by atoms with Gasteiger partial charge in [-0.2, -0.15) is 10.2 Å². The van der Waals surface area contributed by atoms with Crippen LogP contribution in [-0.4, -0.2) is 30.1 Å². The molecule has 0 saturated carbocycles. The SMILES string of the molecule is Cc1cc(S(=O)(=O)NCCc2ccccn2)c(C)cc1-c1ccnnc1. The maximum Gasteiger partial charge on any atom is 0.240 e. The molecule has 1 N–H and O–H groups in total. The molecule has 0 aliphatic heterocycles. The lowest BCUT2D eigenvalue weighted by atomic mass is 10.0. The zero-order valence-corrected chi connectivity index (χ0v) is 15.5. The van der Waals surface area contributed by atoms with Crippen LogP contribution < -0.4 is 4.72 Å². The summed E-state index contributed by atoms with van der Waals surface area (Å²) in [6.07, 6.45) is 5.53. The first-order chi connectivity index (χ1) is 12.5. The molecule has 2 aromatic heterocycles. The Morgan fingerprint density at radius 1 is 1.00 bits per heavy atom. The van der Waals surface area contributed by atoms with E-state index >= 15 is 0 Å². The molecule has 3 rings (SSSR count). The molecule has 0 fully saturated rings. The Labute approximate surface area is 153 Å². The Kier molecular flexibility index (Phi) is 5.39. The van der Waals surface area contributed by atoms with Crippen molar-refractivity contribution < 1.29 is 8.42 Å². The number of benzene rings is 1. The van der Waals surface area contributed by atoms with Gasteiger partial charge in [0.15, 0.2) is 0 Å². The standard InChI is InChI=1S/C19H20N4O2S/c1-14-12-19(15(2)11-18(14)16-6-9-21-22-13-16)26(24,25)23-10-7-17-5-3-4-8-20-17/h3-6,8-9,11-13,23H,7,10H2,1-2H3. The smallest absolute Gasteiger partial charge is 0.240 e. The molecule has 0 unspecified atom stereocenters. The summed E-state index contributed by atoms with van der Waals surface area (Å²) < 4.78 is 28.0. The lowest BCUT2D eigenvalue weighted by molar-refractivity contribution is 0.580. The largest absolute Gasteiger partial charge is 0.261 e. The monoisotopic (exact) mass is 368 g/mol. The van der Waals surface area contributed by atoms with Gasteiger partial charge in [0, 0.05) is 30.4 Å². The highest BCUT2D eigenvalue weighted by Crippen LogP contribution is 2.27. The minimum atomic E-state index is -3.59. The molecular formula is C19H20N4O2S. The van der Waals surface area contributed by atoms with E-state index in [1.54, 1.807) is 31.6 Å². The predicted octanol–water partition coefficient (Wildman–Crippen LogP) is 2.68. The summed E-state index contributed by atoms with van der Waals surface area (Å²) in [5, 5.41) is 7.66. The molecule has 6 nitrogen and oxygen atoms in total. The molecule has 1 aromatic carbocycles. The van der Waals surface area contributed by atoms with Gasteiger partial charge in [0.1, 0.15) is 0 Å². The van der Waals surface area contributed by atoms with Crippen molar-refractivity contribution in [2.45, 2.75) is 25.2 Å². The lowest BCUT2D eigenvalue weighted by Gasteiger charge is -2.13. The van der Waals surface area contributed by atoms with Crippen LogP contribution in [0.2, 0.25) is 0 Å². The van der Waals surface area contributed by atoms with Crippen LogP contribution in [0.1, 0.15) is 16.8 Å². The average Bonchev–Trinajstić information content (AvgIpc) is 2.64. The van der Waals surface area contributed by atoms with E-state index in [4.69, 9.17) is 0 Å². The highest BCUT2D eigenvalue weighted by molar-refractivity contribution is 7.89. The molecule has 0 radical (unpaired) electrons. The third kappa shape index (κ3) is 4.12. The quantitative estimate of drug-likeness (QED) is 0.723. The first-order valence-corrected chi connectivity index (χ1v) is 9.73. The van der Waals surface area contributed by atoms with Gasteiger partial charge in [-0.15, -0.1) is 0 Å². The van der Waals surface area contributed by atoms with Crippen LogP contribution in [0, 0.1) is 13.8 Å². The van der Waals surface area contributed by atoms with E-state index in [0.29, 0.717) is 23.4 Å². The Bertz CT molecular complexity index is 991. The Morgan fingerprint density at radius 2 is 1.85 bits per heavy atom. The molecule has 2 heterocycles. The molecule has 0 atom stereocenters. The summed E-state index contributed by atoms with van der Waals surface area (Å²) in [6.45, 7) is 3.99. The van der Waals surface area contributed by atoms with Crippen molar-refractivity contribution in [1.29, 1.82) is 0 Å². The first kappa shape index (κ1) is 18.2. The summed E-state index contributed by atoms with van der Waals surface area (Å²) in [5.74, 6) is 0. The zero-order valence-electron chi connectivity index (χ0n) is 14.7. The van der Waals surface area contributed by atoms with Gasteiger partial charge in [-0.3, -0.25) is 4.98 Å². The van der Waals surface area contributed by atoms with Gasteiger partial charge in [-0.1, -0.05) is 6.07 Å². The second kappa shape index (κ2) is 7.72. The maximum absolute atomic E-state index is 12.7. The summed E-state index contributed by atoms with van der Waals surface area (Å²) in [4.78, 5) is 4.50. The highest BCUT2D eigenvalue weighted by Gasteiger charge is 2.18. The van der Waals surface area contributed by atoms with Crippen molar-refractivity contribution in [2.24, 2.45) is 0 Å². The predicted molar refractivity (Wildman–Crippen MR) is 100 cm³/mol.